The Kier molecular flexibility index (Phi) is 5.95. The van der Waals surface area contributed by atoms with Gasteiger partial charge in [-0.05, 0) is 36.2 Å². The largest absolute Gasteiger partial charge is 0.492 e. The molecule has 0 saturated heterocycles. The number of carbonyl (C=O) groups excluding carboxylic acids is 1. The number of ether oxygens (including phenoxy) is 1. The van der Waals surface area contributed by atoms with Crippen molar-refractivity contribution in [3.05, 3.63) is 66.0 Å². The van der Waals surface area contributed by atoms with E-state index in [-0.39, 0.29) is 17.6 Å². The van der Waals surface area contributed by atoms with Gasteiger partial charge in [0.25, 0.3) is 0 Å². The van der Waals surface area contributed by atoms with Gasteiger partial charge in [0.15, 0.2) is 0 Å². The monoisotopic (exact) mass is 301 g/mol. The van der Waals surface area contributed by atoms with Crippen LogP contribution in [0.4, 0.5) is 4.39 Å². The standard InChI is InChI=1S/C18H20FNO2/c1-2-17(14-6-4-3-5-7-14)18(21)20-12-13-22-16-10-8-15(19)9-11-16/h3-11,17H,2,12-13H2,1H3,(H,20,21)/t17-/m1/s1. The van der Waals surface area contributed by atoms with Crippen molar-refractivity contribution in [3.8, 4) is 5.75 Å². The third-order valence-corrected chi connectivity index (χ3v) is 3.41. The van der Waals surface area contributed by atoms with Gasteiger partial charge in [-0.3, -0.25) is 4.79 Å². The number of halogens is 1. The van der Waals surface area contributed by atoms with Gasteiger partial charge in [0.2, 0.25) is 5.91 Å². The Morgan fingerprint density at radius 2 is 1.82 bits per heavy atom. The van der Waals surface area contributed by atoms with Crippen molar-refractivity contribution in [2.45, 2.75) is 19.3 Å². The Labute approximate surface area is 130 Å². The van der Waals surface area contributed by atoms with Gasteiger partial charge < -0.3 is 10.1 Å². The second-order valence-corrected chi connectivity index (χ2v) is 4.96. The molecule has 0 bridgehead atoms. The molecule has 0 fully saturated rings. The highest BCUT2D eigenvalue weighted by Gasteiger charge is 2.17. The number of carbonyl (C=O) groups is 1. The molecule has 0 heterocycles. The highest BCUT2D eigenvalue weighted by Crippen LogP contribution is 2.19. The van der Waals surface area contributed by atoms with Crippen molar-refractivity contribution in [3.63, 3.8) is 0 Å². The Morgan fingerprint density at radius 1 is 1.14 bits per heavy atom. The van der Waals surface area contributed by atoms with Crippen LogP contribution >= 0.6 is 0 Å². The molecule has 0 radical (unpaired) electrons. The minimum Gasteiger partial charge on any atom is -0.492 e. The van der Waals surface area contributed by atoms with E-state index in [0.717, 1.165) is 12.0 Å². The summed E-state index contributed by atoms with van der Waals surface area (Å²) in [5.41, 5.74) is 1.02. The third kappa shape index (κ3) is 4.58. The fourth-order valence-corrected chi connectivity index (χ4v) is 2.25. The van der Waals surface area contributed by atoms with E-state index in [1.54, 1.807) is 12.1 Å². The summed E-state index contributed by atoms with van der Waals surface area (Å²) in [6.45, 7) is 2.76. The molecule has 2 rings (SSSR count). The minimum absolute atomic E-state index is 0.00333. The van der Waals surface area contributed by atoms with Crippen molar-refractivity contribution < 1.29 is 13.9 Å². The summed E-state index contributed by atoms with van der Waals surface area (Å²) in [4.78, 5) is 12.2. The summed E-state index contributed by atoms with van der Waals surface area (Å²) >= 11 is 0. The van der Waals surface area contributed by atoms with Gasteiger partial charge in [-0.1, -0.05) is 37.3 Å². The molecule has 0 aliphatic rings. The molecule has 0 unspecified atom stereocenters. The lowest BCUT2D eigenvalue weighted by molar-refractivity contribution is -0.122. The van der Waals surface area contributed by atoms with E-state index >= 15 is 0 Å². The molecule has 0 aliphatic heterocycles. The summed E-state index contributed by atoms with van der Waals surface area (Å²) < 4.78 is 18.2. The Morgan fingerprint density at radius 3 is 2.45 bits per heavy atom. The van der Waals surface area contributed by atoms with Crippen LogP contribution in [0.3, 0.4) is 0 Å². The van der Waals surface area contributed by atoms with E-state index in [1.165, 1.54) is 12.1 Å². The van der Waals surface area contributed by atoms with Crippen LogP contribution < -0.4 is 10.1 Å². The predicted octanol–water partition coefficient (Wildman–Crippen LogP) is 3.51. The number of hydrogen-bond donors (Lipinski definition) is 1. The average Bonchev–Trinajstić information content (AvgIpc) is 2.55. The maximum atomic E-state index is 12.8. The maximum Gasteiger partial charge on any atom is 0.227 e. The number of rotatable bonds is 7. The lowest BCUT2D eigenvalue weighted by atomic mass is 9.96. The first-order chi connectivity index (χ1) is 10.7. The number of amides is 1. The molecule has 22 heavy (non-hydrogen) atoms. The topological polar surface area (TPSA) is 38.3 Å². The van der Waals surface area contributed by atoms with Crippen LogP contribution in [0.5, 0.6) is 5.75 Å². The molecule has 1 atom stereocenters. The zero-order valence-electron chi connectivity index (χ0n) is 12.6. The number of benzene rings is 2. The molecule has 4 heteroatoms. The van der Waals surface area contributed by atoms with Gasteiger partial charge in [0, 0.05) is 0 Å². The van der Waals surface area contributed by atoms with Gasteiger partial charge >= 0.3 is 0 Å². The van der Waals surface area contributed by atoms with Crippen LogP contribution in [0.25, 0.3) is 0 Å². The zero-order chi connectivity index (χ0) is 15.8. The smallest absolute Gasteiger partial charge is 0.227 e. The normalized spacial score (nSPS) is 11.7. The van der Waals surface area contributed by atoms with Crippen LogP contribution in [0, 0.1) is 5.82 Å². The summed E-state index contributed by atoms with van der Waals surface area (Å²) in [6, 6.07) is 15.5. The molecular formula is C18H20FNO2. The molecule has 2 aromatic rings. The third-order valence-electron chi connectivity index (χ3n) is 3.41. The number of nitrogens with one attached hydrogen (secondary N) is 1. The van der Waals surface area contributed by atoms with E-state index in [4.69, 9.17) is 4.74 Å². The first kappa shape index (κ1) is 16.0. The van der Waals surface area contributed by atoms with Crippen LogP contribution in [0.2, 0.25) is 0 Å². The first-order valence-electron chi connectivity index (χ1n) is 7.41. The van der Waals surface area contributed by atoms with E-state index < -0.39 is 0 Å². The molecule has 0 aliphatic carbocycles. The molecule has 3 nitrogen and oxygen atoms in total. The van der Waals surface area contributed by atoms with Crippen LogP contribution in [0.1, 0.15) is 24.8 Å². The Balaban J connectivity index is 1.78. The second-order valence-electron chi connectivity index (χ2n) is 4.96. The number of hydrogen-bond acceptors (Lipinski definition) is 2. The molecule has 0 aromatic heterocycles. The lowest BCUT2D eigenvalue weighted by Crippen LogP contribution is -2.32. The van der Waals surface area contributed by atoms with E-state index in [2.05, 4.69) is 5.32 Å². The van der Waals surface area contributed by atoms with Gasteiger partial charge in [0.1, 0.15) is 18.2 Å². The second kappa shape index (κ2) is 8.17. The minimum atomic E-state index is -0.297. The van der Waals surface area contributed by atoms with Gasteiger partial charge in [-0.15, -0.1) is 0 Å². The van der Waals surface area contributed by atoms with Crippen molar-refractivity contribution in [2.75, 3.05) is 13.2 Å². The summed E-state index contributed by atoms with van der Waals surface area (Å²) in [6.07, 6.45) is 0.745. The zero-order valence-corrected chi connectivity index (χ0v) is 12.6. The fraction of sp³-hybridized carbons (Fsp3) is 0.278. The molecule has 0 saturated carbocycles. The summed E-state index contributed by atoms with van der Waals surface area (Å²) in [5.74, 6) is 0.142. The van der Waals surface area contributed by atoms with Crippen molar-refractivity contribution in [1.29, 1.82) is 0 Å². The Hall–Kier alpha value is -2.36. The first-order valence-corrected chi connectivity index (χ1v) is 7.41. The van der Waals surface area contributed by atoms with Crippen molar-refractivity contribution >= 4 is 5.91 Å². The van der Waals surface area contributed by atoms with E-state index in [9.17, 15) is 9.18 Å². The Bertz CT molecular complexity index is 584. The SMILES string of the molecule is CC[C@@H](C(=O)NCCOc1ccc(F)cc1)c1ccccc1. The van der Waals surface area contributed by atoms with Crippen molar-refractivity contribution in [2.24, 2.45) is 0 Å². The van der Waals surface area contributed by atoms with Crippen LogP contribution in [-0.4, -0.2) is 19.1 Å². The van der Waals surface area contributed by atoms with E-state index in [1.807, 2.05) is 37.3 Å². The predicted molar refractivity (Wildman–Crippen MR) is 84.4 cm³/mol. The molecule has 116 valence electrons. The molecule has 2 aromatic carbocycles. The summed E-state index contributed by atoms with van der Waals surface area (Å²) in [7, 11) is 0. The lowest BCUT2D eigenvalue weighted by Gasteiger charge is -2.15. The van der Waals surface area contributed by atoms with Crippen LogP contribution in [-0.2, 0) is 4.79 Å². The van der Waals surface area contributed by atoms with Crippen LogP contribution in [0.15, 0.2) is 54.6 Å². The fourth-order valence-electron chi connectivity index (χ4n) is 2.25. The molecular weight excluding hydrogens is 281 g/mol. The molecule has 1 amide bonds. The maximum absolute atomic E-state index is 12.8. The van der Waals surface area contributed by atoms with E-state index in [0.29, 0.717) is 18.9 Å². The average molecular weight is 301 g/mol. The van der Waals surface area contributed by atoms with Crippen molar-refractivity contribution in [1.82, 2.24) is 5.32 Å². The van der Waals surface area contributed by atoms with Gasteiger partial charge in [-0.2, -0.15) is 0 Å². The van der Waals surface area contributed by atoms with Gasteiger partial charge in [0.05, 0.1) is 12.5 Å². The highest BCUT2D eigenvalue weighted by atomic mass is 19.1. The van der Waals surface area contributed by atoms with Gasteiger partial charge in [-0.25, -0.2) is 4.39 Å². The highest BCUT2D eigenvalue weighted by molar-refractivity contribution is 5.83. The molecule has 0 spiro atoms. The quantitative estimate of drug-likeness (QED) is 0.795. The molecule has 1 N–H and O–H groups in total. The summed E-state index contributed by atoms with van der Waals surface area (Å²) in [5, 5.41) is 2.88.